The van der Waals surface area contributed by atoms with E-state index in [-0.39, 0.29) is 0 Å². The molecule has 3 rings (SSSR count). The normalized spacial score (nSPS) is 10.8. The van der Waals surface area contributed by atoms with Crippen LogP contribution in [0.15, 0.2) is 40.4 Å². The number of fused-ring (bicyclic) bond motifs is 1. The van der Waals surface area contributed by atoms with Crippen molar-refractivity contribution in [3.05, 3.63) is 40.4 Å². The second kappa shape index (κ2) is 3.92. The van der Waals surface area contributed by atoms with Crippen molar-refractivity contribution >= 4 is 38.2 Å². The third-order valence-electron chi connectivity index (χ3n) is 2.28. The summed E-state index contributed by atoms with van der Waals surface area (Å²) in [6.07, 6.45) is 1.79. The molecule has 0 spiro atoms. The zero-order valence-electron chi connectivity index (χ0n) is 8.09. The van der Waals surface area contributed by atoms with Crippen molar-refractivity contribution in [1.82, 2.24) is 15.2 Å². The highest BCUT2D eigenvalue weighted by Gasteiger charge is 2.08. The van der Waals surface area contributed by atoms with Gasteiger partial charge < -0.3 is 0 Å². The van der Waals surface area contributed by atoms with Gasteiger partial charge in [-0.15, -0.1) is 10.2 Å². The van der Waals surface area contributed by atoms with Crippen LogP contribution in [0.3, 0.4) is 0 Å². The molecule has 3 aromatic rings. The van der Waals surface area contributed by atoms with Gasteiger partial charge in [-0.25, -0.2) is 0 Å². The minimum Gasteiger partial charge on any atom is -0.256 e. The molecule has 0 amide bonds. The molecule has 3 nitrogen and oxygen atoms in total. The van der Waals surface area contributed by atoms with E-state index in [2.05, 4.69) is 31.1 Å². The first-order chi connectivity index (χ1) is 7.84. The molecule has 0 unspecified atom stereocenters. The summed E-state index contributed by atoms with van der Waals surface area (Å²) in [5.41, 5.74) is 2.06. The SMILES string of the molecule is Brc1nnc(-c2cccc3ncccc23)s1. The van der Waals surface area contributed by atoms with Crippen LogP contribution in [0.4, 0.5) is 0 Å². The molecule has 0 aliphatic rings. The van der Waals surface area contributed by atoms with Crippen molar-refractivity contribution in [1.29, 1.82) is 0 Å². The predicted octanol–water partition coefficient (Wildman–Crippen LogP) is 3.52. The van der Waals surface area contributed by atoms with Gasteiger partial charge in [0.2, 0.25) is 0 Å². The van der Waals surface area contributed by atoms with Gasteiger partial charge in [0.25, 0.3) is 0 Å². The van der Waals surface area contributed by atoms with Gasteiger partial charge in [0.15, 0.2) is 3.92 Å². The number of hydrogen-bond donors (Lipinski definition) is 0. The fourth-order valence-electron chi connectivity index (χ4n) is 1.60. The number of benzene rings is 1. The molecule has 0 fully saturated rings. The second-order valence-corrected chi connectivity index (χ2v) is 5.49. The largest absolute Gasteiger partial charge is 0.256 e. The lowest BCUT2D eigenvalue weighted by Gasteiger charge is -2.01. The van der Waals surface area contributed by atoms with Gasteiger partial charge in [-0.3, -0.25) is 4.98 Å². The Morgan fingerprint density at radius 2 is 2.00 bits per heavy atom. The summed E-state index contributed by atoms with van der Waals surface area (Å²) in [5, 5.41) is 10.1. The van der Waals surface area contributed by atoms with E-state index in [9.17, 15) is 0 Å². The molecule has 16 heavy (non-hydrogen) atoms. The van der Waals surface area contributed by atoms with E-state index in [4.69, 9.17) is 0 Å². The third-order valence-corrected chi connectivity index (χ3v) is 3.67. The standard InChI is InChI=1S/C11H6BrN3S/c12-11-15-14-10(16-11)8-3-1-5-9-7(8)4-2-6-13-9/h1-6H. The molecule has 0 atom stereocenters. The lowest BCUT2D eigenvalue weighted by molar-refractivity contribution is 1.08. The summed E-state index contributed by atoms with van der Waals surface area (Å²) in [5.74, 6) is 0. The maximum atomic E-state index is 4.32. The van der Waals surface area contributed by atoms with Gasteiger partial charge in [-0.05, 0) is 28.1 Å². The van der Waals surface area contributed by atoms with Gasteiger partial charge in [0.1, 0.15) is 5.01 Å². The van der Waals surface area contributed by atoms with Crippen LogP contribution < -0.4 is 0 Å². The van der Waals surface area contributed by atoms with Crippen molar-refractivity contribution in [2.75, 3.05) is 0 Å². The third kappa shape index (κ3) is 1.62. The fraction of sp³-hybridized carbons (Fsp3) is 0. The Balaban J connectivity index is 2.31. The first-order valence-electron chi connectivity index (χ1n) is 4.68. The summed E-state index contributed by atoms with van der Waals surface area (Å²) in [7, 11) is 0. The lowest BCUT2D eigenvalue weighted by atomic mass is 10.1. The Bertz CT molecular complexity index is 645. The summed E-state index contributed by atoms with van der Waals surface area (Å²) in [6, 6.07) is 10.0. The summed E-state index contributed by atoms with van der Waals surface area (Å²) in [4.78, 5) is 4.32. The number of aromatic nitrogens is 3. The molecule has 0 saturated heterocycles. The fourth-order valence-corrected chi connectivity index (χ4v) is 2.75. The Labute approximate surface area is 104 Å². The molecule has 5 heteroatoms. The molecule has 0 aliphatic carbocycles. The Hall–Kier alpha value is -1.33. The second-order valence-electron chi connectivity index (χ2n) is 3.24. The number of halogens is 1. The minimum atomic E-state index is 0.795. The van der Waals surface area contributed by atoms with Crippen LogP contribution in [0.25, 0.3) is 21.5 Å². The van der Waals surface area contributed by atoms with Gasteiger partial charge in [0.05, 0.1) is 5.52 Å². The molecule has 78 valence electrons. The molecule has 0 saturated carbocycles. The molecule has 0 aliphatic heterocycles. The van der Waals surface area contributed by atoms with Crippen LogP contribution in [-0.4, -0.2) is 15.2 Å². The van der Waals surface area contributed by atoms with Crippen molar-refractivity contribution in [2.24, 2.45) is 0 Å². The van der Waals surface area contributed by atoms with Crippen LogP contribution in [0.5, 0.6) is 0 Å². The first kappa shape index (κ1) is 9.86. The smallest absolute Gasteiger partial charge is 0.183 e. The van der Waals surface area contributed by atoms with Crippen molar-refractivity contribution < 1.29 is 0 Å². The molecular weight excluding hydrogens is 286 g/mol. The lowest BCUT2D eigenvalue weighted by Crippen LogP contribution is -1.82. The van der Waals surface area contributed by atoms with Crippen LogP contribution >= 0.6 is 27.3 Å². The number of rotatable bonds is 1. The topological polar surface area (TPSA) is 38.7 Å². The zero-order chi connectivity index (χ0) is 11.0. The molecule has 0 radical (unpaired) electrons. The van der Waals surface area contributed by atoms with E-state index >= 15 is 0 Å². The highest BCUT2D eigenvalue weighted by molar-refractivity contribution is 9.11. The quantitative estimate of drug-likeness (QED) is 0.689. The Morgan fingerprint density at radius 3 is 2.81 bits per heavy atom. The van der Waals surface area contributed by atoms with E-state index in [1.807, 2.05) is 30.3 Å². The number of hydrogen-bond acceptors (Lipinski definition) is 4. The molecule has 2 aromatic heterocycles. The van der Waals surface area contributed by atoms with E-state index < -0.39 is 0 Å². The van der Waals surface area contributed by atoms with E-state index in [1.165, 1.54) is 11.3 Å². The average molecular weight is 292 g/mol. The molecule has 1 aromatic carbocycles. The van der Waals surface area contributed by atoms with E-state index in [1.54, 1.807) is 6.20 Å². The molecule has 0 N–H and O–H groups in total. The van der Waals surface area contributed by atoms with Gasteiger partial charge in [-0.2, -0.15) is 0 Å². The van der Waals surface area contributed by atoms with Gasteiger partial charge in [0, 0.05) is 17.1 Å². The summed E-state index contributed by atoms with van der Waals surface area (Å²) >= 11 is 4.85. The summed E-state index contributed by atoms with van der Waals surface area (Å²) in [6.45, 7) is 0. The highest BCUT2D eigenvalue weighted by Crippen LogP contribution is 2.31. The number of pyridine rings is 1. The van der Waals surface area contributed by atoms with Crippen LogP contribution in [0.1, 0.15) is 0 Å². The molecule has 2 heterocycles. The maximum Gasteiger partial charge on any atom is 0.183 e. The monoisotopic (exact) mass is 291 g/mol. The van der Waals surface area contributed by atoms with E-state index in [0.717, 1.165) is 25.4 Å². The first-order valence-corrected chi connectivity index (χ1v) is 6.29. The van der Waals surface area contributed by atoms with Crippen molar-refractivity contribution in [3.8, 4) is 10.6 Å². The summed E-state index contributed by atoms with van der Waals surface area (Å²) < 4.78 is 0.795. The van der Waals surface area contributed by atoms with Crippen molar-refractivity contribution in [2.45, 2.75) is 0 Å². The molecule has 0 bridgehead atoms. The maximum absolute atomic E-state index is 4.32. The molecular formula is C11H6BrN3S. The van der Waals surface area contributed by atoms with Crippen LogP contribution in [0, 0.1) is 0 Å². The highest BCUT2D eigenvalue weighted by atomic mass is 79.9. The average Bonchev–Trinajstić information content (AvgIpc) is 2.75. The zero-order valence-corrected chi connectivity index (χ0v) is 10.5. The van der Waals surface area contributed by atoms with Gasteiger partial charge >= 0.3 is 0 Å². The Morgan fingerprint density at radius 1 is 1.06 bits per heavy atom. The van der Waals surface area contributed by atoms with Crippen LogP contribution in [0.2, 0.25) is 0 Å². The predicted molar refractivity (Wildman–Crippen MR) is 68.3 cm³/mol. The Kier molecular flexibility index (Phi) is 2.41. The van der Waals surface area contributed by atoms with Crippen molar-refractivity contribution in [3.63, 3.8) is 0 Å². The van der Waals surface area contributed by atoms with Crippen LogP contribution in [-0.2, 0) is 0 Å². The minimum absolute atomic E-state index is 0.795. The van der Waals surface area contributed by atoms with E-state index in [0.29, 0.717) is 0 Å². The van der Waals surface area contributed by atoms with Gasteiger partial charge in [-0.1, -0.05) is 29.5 Å². The number of nitrogens with zero attached hydrogens (tertiary/aromatic N) is 3.